The summed E-state index contributed by atoms with van der Waals surface area (Å²) in [6, 6.07) is 10.3. The van der Waals surface area contributed by atoms with E-state index in [1.54, 1.807) is 11.3 Å². The van der Waals surface area contributed by atoms with E-state index in [0.717, 1.165) is 11.4 Å². The summed E-state index contributed by atoms with van der Waals surface area (Å²) in [5, 5.41) is 7.68. The summed E-state index contributed by atoms with van der Waals surface area (Å²) in [7, 11) is 0. The first kappa shape index (κ1) is 10.1. The summed E-state index contributed by atoms with van der Waals surface area (Å²) in [4.78, 5) is 0. The highest BCUT2D eigenvalue weighted by Gasteiger charge is 2.04. The van der Waals surface area contributed by atoms with Crippen LogP contribution in [0.3, 0.4) is 0 Å². The molecular formula is C12H14N2S. The largest absolute Gasteiger partial charge is 0.399 e. The molecule has 0 bridgehead atoms. The minimum atomic E-state index is 0.333. The Kier molecular flexibility index (Phi) is 2.92. The number of rotatable bonds is 3. The topological polar surface area (TPSA) is 38.0 Å². The Morgan fingerprint density at radius 2 is 1.93 bits per heavy atom. The maximum Gasteiger partial charge on any atom is 0.0493 e. The fraction of sp³-hybridized carbons (Fsp3) is 0.167. The summed E-state index contributed by atoms with van der Waals surface area (Å²) in [5.41, 5.74) is 8.84. The number of nitrogens with two attached hydrogens (primary N) is 1. The number of benzene rings is 1. The monoisotopic (exact) mass is 218 g/mol. The van der Waals surface area contributed by atoms with E-state index in [9.17, 15) is 0 Å². The Bertz CT molecular complexity index is 406. The highest BCUT2D eigenvalue weighted by atomic mass is 32.1. The summed E-state index contributed by atoms with van der Waals surface area (Å²) in [6.45, 7) is 2.15. The molecule has 3 N–H and O–H groups in total. The zero-order chi connectivity index (χ0) is 10.7. The number of thiophene rings is 1. The summed E-state index contributed by atoms with van der Waals surface area (Å²) >= 11 is 1.72. The van der Waals surface area contributed by atoms with Crippen LogP contribution in [-0.4, -0.2) is 0 Å². The van der Waals surface area contributed by atoms with Gasteiger partial charge in [-0.2, -0.15) is 11.3 Å². The zero-order valence-electron chi connectivity index (χ0n) is 8.60. The third-order valence-corrected chi connectivity index (χ3v) is 3.04. The maximum absolute atomic E-state index is 5.63. The van der Waals surface area contributed by atoms with E-state index >= 15 is 0 Å². The van der Waals surface area contributed by atoms with Gasteiger partial charge in [-0.3, -0.25) is 0 Å². The smallest absolute Gasteiger partial charge is 0.0493 e. The highest BCUT2D eigenvalue weighted by Crippen LogP contribution is 2.21. The van der Waals surface area contributed by atoms with Gasteiger partial charge in [-0.05, 0) is 53.6 Å². The van der Waals surface area contributed by atoms with E-state index < -0.39 is 0 Å². The van der Waals surface area contributed by atoms with E-state index in [2.05, 4.69) is 29.1 Å². The molecule has 2 rings (SSSR count). The second kappa shape index (κ2) is 4.36. The summed E-state index contributed by atoms with van der Waals surface area (Å²) < 4.78 is 0. The maximum atomic E-state index is 5.63. The number of nitrogens with one attached hydrogen (secondary N) is 1. The van der Waals surface area contributed by atoms with Gasteiger partial charge < -0.3 is 11.1 Å². The molecule has 1 aromatic carbocycles. The number of hydrogen-bond donors (Lipinski definition) is 2. The van der Waals surface area contributed by atoms with Crippen LogP contribution in [0.4, 0.5) is 11.4 Å². The van der Waals surface area contributed by atoms with Gasteiger partial charge in [0, 0.05) is 17.4 Å². The van der Waals surface area contributed by atoms with Gasteiger partial charge in [0.15, 0.2) is 0 Å². The van der Waals surface area contributed by atoms with Crippen molar-refractivity contribution in [3.8, 4) is 0 Å². The number of nitrogen functional groups attached to an aromatic ring is 1. The van der Waals surface area contributed by atoms with E-state index in [1.165, 1.54) is 5.56 Å². The van der Waals surface area contributed by atoms with Crippen LogP contribution in [0.2, 0.25) is 0 Å². The normalized spacial score (nSPS) is 12.3. The Morgan fingerprint density at radius 1 is 1.20 bits per heavy atom. The molecule has 0 radical (unpaired) electrons. The van der Waals surface area contributed by atoms with Gasteiger partial charge in [0.2, 0.25) is 0 Å². The number of hydrogen-bond acceptors (Lipinski definition) is 3. The molecule has 2 aromatic rings. The lowest BCUT2D eigenvalue weighted by atomic mass is 10.1. The van der Waals surface area contributed by atoms with Crippen LogP contribution in [0.5, 0.6) is 0 Å². The van der Waals surface area contributed by atoms with E-state index in [-0.39, 0.29) is 0 Å². The van der Waals surface area contributed by atoms with Crippen molar-refractivity contribution in [1.29, 1.82) is 0 Å². The second-order valence-corrected chi connectivity index (χ2v) is 4.32. The summed E-state index contributed by atoms with van der Waals surface area (Å²) in [5.74, 6) is 0. The molecule has 1 aromatic heterocycles. The zero-order valence-corrected chi connectivity index (χ0v) is 9.42. The lowest BCUT2D eigenvalue weighted by Crippen LogP contribution is -2.05. The van der Waals surface area contributed by atoms with Gasteiger partial charge in [-0.1, -0.05) is 0 Å². The van der Waals surface area contributed by atoms with E-state index in [1.807, 2.05) is 24.3 Å². The third-order valence-electron chi connectivity index (χ3n) is 2.34. The van der Waals surface area contributed by atoms with Gasteiger partial charge in [-0.15, -0.1) is 0 Å². The molecule has 0 fully saturated rings. The van der Waals surface area contributed by atoms with E-state index in [4.69, 9.17) is 5.73 Å². The predicted octanol–water partition coefficient (Wildman–Crippen LogP) is 3.50. The fourth-order valence-electron chi connectivity index (χ4n) is 1.43. The first-order valence-corrected chi connectivity index (χ1v) is 5.84. The fourth-order valence-corrected chi connectivity index (χ4v) is 2.19. The molecule has 3 heteroatoms. The molecule has 0 aliphatic rings. The Hall–Kier alpha value is -1.48. The quantitative estimate of drug-likeness (QED) is 0.774. The molecule has 0 spiro atoms. The average Bonchev–Trinajstić information content (AvgIpc) is 2.74. The molecule has 0 aliphatic carbocycles. The molecule has 1 atom stereocenters. The minimum Gasteiger partial charge on any atom is -0.399 e. The van der Waals surface area contributed by atoms with Crippen LogP contribution in [0.25, 0.3) is 0 Å². The number of anilines is 2. The highest BCUT2D eigenvalue weighted by molar-refractivity contribution is 7.07. The van der Waals surface area contributed by atoms with Crippen molar-refractivity contribution in [3.63, 3.8) is 0 Å². The second-order valence-electron chi connectivity index (χ2n) is 3.54. The van der Waals surface area contributed by atoms with Gasteiger partial charge in [0.05, 0.1) is 0 Å². The first-order valence-electron chi connectivity index (χ1n) is 4.90. The van der Waals surface area contributed by atoms with Crippen molar-refractivity contribution in [2.24, 2.45) is 0 Å². The van der Waals surface area contributed by atoms with Crippen LogP contribution in [0, 0.1) is 0 Å². The van der Waals surface area contributed by atoms with Crippen molar-refractivity contribution < 1.29 is 0 Å². The van der Waals surface area contributed by atoms with Crippen LogP contribution < -0.4 is 11.1 Å². The average molecular weight is 218 g/mol. The van der Waals surface area contributed by atoms with Gasteiger partial charge in [0.1, 0.15) is 0 Å². The molecule has 2 nitrogen and oxygen atoms in total. The Morgan fingerprint density at radius 3 is 2.53 bits per heavy atom. The van der Waals surface area contributed by atoms with Gasteiger partial charge in [0.25, 0.3) is 0 Å². The van der Waals surface area contributed by atoms with Crippen molar-refractivity contribution >= 4 is 22.7 Å². The van der Waals surface area contributed by atoms with Crippen molar-refractivity contribution in [2.45, 2.75) is 13.0 Å². The van der Waals surface area contributed by atoms with Crippen molar-refractivity contribution in [3.05, 3.63) is 46.7 Å². The molecular weight excluding hydrogens is 204 g/mol. The first-order chi connectivity index (χ1) is 7.25. The molecule has 15 heavy (non-hydrogen) atoms. The van der Waals surface area contributed by atoms with Crippen molar-refractivity contribution in [1.82, 2.24) is 0 Å². The molecule has 78 valence electrons. The summed E-state index contributed by atoms with van der Waals surface area (Å²) in [6.07, 6.45) is 0. The van der Waals surface area contributed by atoms with E-state index in [0.29, 0.717) is 6.04 Å². The van der Waals surface area contributed by atoms with Crippen LogP contribution in [0.1, 0.15) is 18.5 Å². The molecule has 0 saturated carbocycles. The third kappa shape index (κ3) is 2.50. The lowest BCUT2D eigenvalue weighted by Gasteiger charge is -2.13. The standard InChI is InChI=1S/C12H14N2S/c1-9(10-6-7-15-8-10)14-12-4-2-11(13)3-5-12/h2-9,14H,13H2,1H3. The SMILES string of the molecule is CC(Nc1ccc(N)cc1)c1ccsc1. The molecule has 0 amide bonds. The molecule has 1 unspecified atom stereocenters. The Balaban J connectivity index is 2.06. The van der Waals surface area contributed by atoms with Crippen molar-refractivity contribution in [2.75, 3.05) is 11.1 Å². The predicted molar refractivity (Wildman–Crippen MR) is 67.2 cm³/mol. The molecule has 0 saturated heterocycles. The minimum absolute atomic E-state index is 0.333. The van der Waals surface area contributed by atoms with Gasteiger partial charge in [-0.25, -0.2) is 0 Å². The van der Waals surface area contributed by atoms with Gasteiger partial charge >= 0.3 is 0 Å². The Labute approximate surface area is 93.7 Å². The van der Waals surface area contributed by atoms with Crippen LogP contribution in [0.15, 0.2) is 41.1 Å². The lowest BCUT2D eigenvalue weighted by molar-refractivity contribution is 0.891. The van der Waals surface area contributed by atoms with Crippen LogP contribution >= 0.6 is 11.3 Å². The molecule has 0 aliphatic heterocycles. The van der Waals surface area contributed by atoms with Crippen LogP contribution in [-0.2, 0) is 0 Å². The molecule has 1 heterocycles.